The van der Waals surface area contributed by atoms with Crippen molar-refractivity contribution in [1.82, 2.24) is 15.0 Å². The highest BCUT2D eigenvalue weighted by molar-refractivity contribution is 7.99. The molecule has 0 spiro atoms. The normalized spacial score (nSPS) is 12.3. The Morgan fingerprint density at radius 2 is 1.69 bits per heavy atom. The monoisotopic (exact) mass is 525 g/mol. The van der Waals surface area contributed by atoms with Crippen LogP contribution in [0.4, 0.5) is 0 Å². The van der Waals surface area contributed by atoms with Crippen LogP contribution in [-0.4, -0.2) is 21.6 Å². The van der Waals surface area contributed by atoms with Crippen LogP contribution in [0.1, 0.15) is 48.8 Å². The molecule has 7 heteroatoms. The molecular weight excluding hydrogens is 497 g/mol. The predicted octanol–water partition coefficient (Wildman–Crippen LogP) is 8.20. The Balaban J connectivity index is 1.53. The molecule has 0 aliphatic rings. The van der Waals surface area contributed by atoms with Crippen LogP contribution >= 0.6 is 35.0 Å². The molecule has 0 saturated heterocycles. The first-order valence-corrected chi connectivity index (χ1v) is 13.3. The third-order valence-electron chi connectivity index (χ3n) is 5.64. The summed E-state index contributed by atoms with van der Waals surface area (Å²) in [5, 5.41) is 2.25. The number of benzene rings is 2. The molecule has 0 aliphatic carbocycles. The maximum atomic E-state index is 6.27. The Labute approximate surface area is 221 Å². The molecule has 0 aliphatic heterocycles. The fourth-order valence-corrected chi connectivity index (χ4v) is 5.78. The van der Waals surface area contributed by atoms with Gasteiger partial charge in [-0.3, -0.25) is 4.98 Å². The maximum absolute atomic E-state index is 6.27. The van der Waals surface area contributed by atoms with Crippen molar-refractivity contribution in [3.8, 4) is 0 Å². The fraction of sp³-hybridized carbons (Fsp3) is 0.286. The van der Waals surface area contributed by atoms with Gasteiger partial charge in [0, 0.05) is 46.3 Å². The van der Waals surface area contributed by atoms with E-state index in [1.54, 1.807) is 17.8 Å². The molecule has 182 valence electrons. The predicted molar refractivity (Wildman–Crippen MR) is 145 cm³/mol. The Hall–Kier alpha value is -2.31. The van der Waals surface area contributed by atoms with Crippen molar-refractivity contribution in [2.75, 3.05) is 6.61 Å². The molecule has 0 amide bonds. The summed E-state index contributed by atoms with van der Waals surface area (Å²) in [6.45, 7) is 5.75. The van der Waals surface area contributed by atoms with Gasteiger partial charge in [-0.2, -0.15) is 0 Å². The van der Waals surface area contributed by atoms with E-state index in [4.69, 9.17) is 32.9 Å². The van der Waals surface area contributed by atoms with Crippen molar-refractivity contribution in [3.63, 3.8) is 0 Å². The minimum absolute atomic E-state index is 0.134. The Bertz CT molecular complexity index is 1200. The summed E-state index contributed by atoms with van der Waals surface area (Å²) in [5.74, 6) is 1.44. The Morgan fingerprint density at radius 3 is 2.37 bits per heavy atom. The van der Waals surface area contributed by atoms with Gasteiger partial charge in [0.2, 0.25) is 0 Å². The summed E-state index contributed by atoms with van der Waals surface area (Å²) in [6.07, 6.45) is 5.37. The number of halogens is 2. The number of aryl methyl sites for hydroxylation is 1. The highest BCUT2D eigenvalue weighted by Gasteiger charge is 2.25. The number of nitrogens with zero attached hydrogens (tertiary/aromatic N) is 2. The number of imidazole rings is 1. The molecule has 2 aromatic heterocycles. The van der Waals surface area contributed by atoms with Gasteiger partial charge in [-0.1, -0.05) is 79.1 Å². The van der Waals surface area contributed by atoms with Gasteiger partial charge in [-0.05, 0) is 53.8 Å². The van der Waals surface area contributed by atoms with Gasteiger partial charge in [-0.25, -0.2) is 4.98 Å². The van der Waals surface area contributed by atoms with Crippen molar-refractivity contribution in [2.24, 2.45) is 5.92 Å². The third kappa shape index (κ3) is 7.34. The van der Waals surface area contributed by atoms with Gasteiger partial charge in [0.1, 0.15) is 10.9 Å². The fourth-order valence-electron chi connectivity index (χ4n) is 4.07. The van der Waals surface area contributed by atoms with Crippen LogP contribution in [0.2, 0.25) is 10.0 Å². The lowest BCUT2D eigenvalue weighted by Gasteiger charge is -2.20. The number of H-pyrrole nitrogens is 1. The van der Waals surface area contributed by atoms with Crippen LogP contribution in [-0.2, 0) is 17.8 Å². The van der Waals surface area contributed by atoms with Gasteiger partial charge >= 0.3 is 0 Å². The molecular formula is C28H29Cl2N3OS. The first kappa shape index (κ1) is 25.8. The third-order valence-corrected chi connectivity index (χ3v) is 7.07. The van der Waals surface area contributed by atoms with E-state index >= 15 is 0 Å². The van der Waals surface area contributed by atoms with E-state index < -0.39 is 0 Å². The molecule has 0 radical (unpaired) electrons. The summed E-state index contributed by atoms with van der Waals surface area (Å²) >= 11 is 14.1. The zero-order valence-corrected chi connectivity index (χ0v) is 22.2. The summed E-state index contributed by atoms with van der Waals surface area (Å²) in [7, 11) is 0. The smallest absolute Gasteiger partial charge is 0.107 e. The van der Waals surface area contributed by atoms with Gasteiger partial charge in [-0.15, -0.1) is 0 Å². The largest absolute Gasteiger partial charge is 0.377 e. The molecule has 4 aromatic rings. The van der Waals surface area contributed by atoms with E-state index in [1.807, 2.05) is 42.7 Å². The van der Waals surface area contributed by atoms with Crippen molar-refractivity contribution >= 4 is 35.0 Å². The molecule has 0 bridgehead atoms. The molecule has 1 N–H and O–H groups in total. The highest BCUT2D eigenvalue weighted by Crippen LogP contribution is 2.40. The molecule has 0 fully saturated rings. The molecule has 2 heterocycles. The van der Waals surface area contributed by atoms with Crippen molar-refractivity contribution in [1.29, 1.82) is 0 Å². The molecule has 1 atom stereocenters. The zero-order valence-electron chi connectivity index (χ0n) is 19.9. The molecule has 4 rings (SSSR count). The lowest BCUT2D eigenvalue weighted by Crippen LogP contribution is -2.10. The van der Waals surface area contributed by atoms with Gasteiger partial charge in [0.25, 0.3) is 0 Å². The van der Waals surface area contributed by atoms with Crippen LogP contribution in [0.3, 0.4) is 0 Å². The van der Waals surface area contributed by atoms with Crippen molar-refractivity contribution in [2.45, 2.75) is 49.1 Å². The van der Waals surface area contributed by atoms with E-state index in [0.717, 1.165) is 34.3 Å². The highest BCUT2D eigenvalue weighted by atomic mass is 35.5. The first-order chi connectivity index (χ1) is 17.0. The lowest BCUT2D eigenvalue weighted by molar-refractivity contribution is 0.118. The standard InChI is InChI=1S/C28H29Cl2N3OS/c1-19(2)26(21-10-12-31-13-11-21)27-28(35-24-16-22(29)15-23(30)17-24)33-25(32-27)9-6-14-34-18-20-7-4-3-5-8-20/h3-5,7-8,10-13,15-17,19,26H,6,9,14,18H2,1-2H3,(H,32,33). The number of nitrogens with one attached hydrogen (secondary N) is 1. The summed E-state index contributed by atoms with van der Waals surface area (Å²) in [6, 6.07) is 20.0. The summed E-state index contributed by atoms with van der Waals surface area (Å²) in [5.41, 5.74) is 3.42. The minimum Gasteiger partial charge on any atom is -0.377 e. The number of pyridine rings is 1. The molecule has 0 saturated carbocycles. The number of hydrogen-bond donors (Lipinski definition) is 1. The van der Waals surface area contributed by atoms with Crippen LogP contribution in [0.25, 0.3) is 0 Å². The van der Waals surface area contributed by atoms with Crippen molar-refractivity contribution in [3.05, 3.63) is 106 Å². The van der Waals surface area contributed by atoms with Crippen LogP contribution in [0, 0.1) is 5.92 Å². The second-order valence-corrected chi connectivity index (χ2v) is 10.7. The maximum Gasteiger partial charge on any atom is 0.107 e. The van der Waals surface area contributed by atoms with Crippen molar-refractivity contribution < 1.29 is 4.74 Å². The second kappa shape index (κ2) is 12.6. The summed E-state index contributed by atoms with van der Waals surface area (Å²) in [4.78, 5) is 13.8. The average Bonchev–Trinajstić information content (AvgIpc) is 3.21. The van der Waals surface area contributed by atoms with Gasteiger partial charge in [0.05, 0.1) is 12.3 Å². The number of aromatic nitrogens is 3. The Morgan fingerprint density at radius 1 is 0.971 bits per heavy atom. The second-order valence-electron chi connectivity index (χ2n) is 8.75. The van der Waals surface area contributed by atoms with E-state index in [0.29, 0.717) is 29.2 Å². The van der Waals surface area contributed by atoms with Gasteiger partial charge < -0.3 is 9.72 Å². The minimum atomic E-state index is 0.134. The molecule has 1 unspecified atom stereocenters. The average molecular weight is 527 g/mol. The molecule has 35 heavy (non-hydrogen) atoms. The quantitative estimate of drug-likeness (QED) is 0.200. The van der Waals surface area contributed by atoms with E-state index in [9.17, 15) is 0 Å². The number of aromatic amines is 1. The van der Waals surface area contributed by atoms with Crippen LogP contribution in [0.15, 0.2) is 83.0 Å². The van der Waals surface area contributed by atoms with Gasteiger partial charge in [0.15, 0.2) is 0 Å². The SMILES string of the molecule is CC(C)C(c1ccncc1)c1nc(CCCOCc2ccccc2)[nH]c1Sc1cc(Cl)cc(Cl)c1. The summed E-state index contributed by atoms with van der Waals surface area (Å²) < 4.78 is 5.87. The van der Waals surface area contributed by atoms with Crippen LogP contribution < -0.4 is 0 Å². The first-order valence-electron chi connectivity index (χ1n) is 11.7. The van der Waals surface area contributed by atoms with E-state index in [2.05, 4.69) is 48.1 Å². The topological polar surface area (TPSA) is 50.8 Å². The Kier molecular flexibility index (Phi) is 9.27. The van der Waals surface area contributed by atoms with E-state index in [1.165, 1.54) is 11.1 Å². The van der Waals surface area contributed by atoms with Crippen LogP contribution in [0.5, 0.6) is 0 Å². The lowest BCUT2D eigenvalue weighted by atomic mass is 9.86. The number of ether oxygens (including phenoxy) is 1. The van der Waals surface area contributed by atoms with E-state index in [-0.39, 0.29) is 5.92 Å². The number of hydrogen-bond acceptors (Lipinski definition) is 4. The number of rotatable bonds is 11. The molecule has 2 aromatic carbocycles. The molecule has 4 nitrogen and oxygen atoms in total. The zero-order chi connectivity index (χ0) is 24.6.